The summed E-state index contributed by atoms with van der Waals surface area (Å²) in [4.78, 5) is 20.7. The quantitative estimate of drug-likeness (QED) is 0.601. The summed E-state index contributed by atoms with van der Waals surface area (Å²) in [7, 11) is 2.08. The van der Waals surface area contributed by atoms with Crippen molar-refractivity contribution in [1.82, 2.24) is 14.8 Å². The lowest BCUT2D eigenvalue weighted by Crippen LogP contribution is -2.58. The first-order valence-electron chi connectivity index (χ1n) is 6.37. The van der Waals surface area contributed by atoms with Crippen LogP contribution in [0.15, 0.2) is 18.5 Å². The molecule has 1 aromatic heterocycles. The van der Waals surface area contributed by atoms with Gasteiger partial charge in [-0.15, -0.1) is 0 Å². The Labute approximate surface area is 113 Å². The molecule has 0 aromatic carbocycles. The molecule has 104 valence electrons. The normalized spacial score (nSPS) is 19.3. The molecule has 0 radical (unpaired) electrons. The average Bonchev–Trinajstić information content (AvgIpc) is 2.41. The molecule has 0 aliphatic carbocycles. The summed E-state index contributed by atoms with van der Waals surface area (Å²) in [6, 6.07) is 1.70. The number of hydrazine groups is 1. The van der Waals surface area contributed by atoms with Crippen molar-refractivity contribution >= 4 is 11.6 Å². The Morgan fingerprint density at radius 2 is 2.21 bits per heavy atom. The lowest BCUT2D eigenvalue weighted by molar-refractivity contribution is 0.0312. The molecular weight excluding hydrogens is 242 g/mol. The molecule has 2 heterocycles. The van der Waals surface area contributed by atoms with Crippen molar-refractivity contribution in [3.8, 4) is 0 Å². The van der Waals surface area contributed by atoms with Crippen molar-refractivity contribution in [2.75, 3.05) is 32.1 Å². The first-order chi connectivity index (χ1) is 8.95. The Balaban J connectivity index is 2.21. The highest BCUT2D eigenvalue weighted by atomic mass is 16.2. The molecule has 1 amide bonds. The number of aromatic nitrogens is 1. The zero-order valence-electron chi connectivity index (χ0n) is 11.7. The number of carbonyl (C=O) groups is 1. The van der Waals surface area contributed by atoms with Gasteiger partial charge in [0.25, 0.3) is 5.91 Å². The van der Waals surface area contributed by atoms with Crippen molar-refractivity contribution in [2.45, 2.75) is 19.4 Å². The number of piperazine rings is 1. The van der Waals surface area contributed by atoms with Crippen molar-refractivity contribution in [1.29, 1.82) is 0 Å². The largest absolute Gasteiger partial charge is 0.335 e. The van der Waals surface area contributed by atoms with E-state index in [9.17, 15) is 4.79 Å². The molecule has 0 saturated carbocycles. The van der Waals surface area contributed by atoms with E-state index in [1.54, 1.807) is 18.5 Å². The van der Waals surface area contributed by atoms with Crippen LogP contribution in [0.4, 0.5) is 5.69 Å². The molecule has 0 bridgehead atoms. The van der Waals surface area contributed by atoms with Crippen LogP contribution < -0.4 is 11.3 Å². The minimum absolute atomic E-state index is 0.00322. The van der Waals surface area contributed by atoms with Gasteiger partial charge in [-0.2, -0.15) is 0 Å². The minimum atomic E-state index is -0.0166. The number of nitrogen functional groups attached to an aromatic ring is 1. The van der Waals surface area contributed by atoms with Crippen molar-refractivity contribution < 1.29 is 4.79 Å². The lowest BCUT2D eigenvalue weighted by Gasteiger charge is -2.45. The third-order valence-electron chi connectivity index (χ3n) is 3.81. The molecule has 1 saturated heterocycles. The van der Waals surface area contributed by atoms with Crippen LogP contribution in [-0.2, 0) is 0 Å². The van der Waals surface area contributed by atoms with Gasteiger partial charge in [-0.1, -0.05) is 0 Å². The highest BCUT2D eigenvalue weighted by Crippen LogP contribution is 2.22. The average molecular weight is 263 g/mol. The number of anilines is 1. The maximum atomic E-state index is 12.6. The maximum absolute atomic E-state index is 12.6. The minimum Gasteiger partial charge on any atom is -0.335 e. The van der Waals surface area contributed by atoms with Gasteiger partial charge in [0.2, 0.25) is 0 Å². The predicted molar refractivity (Wildman–Crippen MR) is 74.7 cm³/mol. The standard InChI is InChI=1S/C13H21N5O/c1-13(2)9-18(7-6-17(13)3)12(19)10-4-5-15-8-11(10)16-14/h4-5,8,16H,6-7,9,14H2,1-3H3. The first kappa shape index (κ1) is 13.8. The number of nitrogens with zero attached hydrogens (tertiary/aromatic N) is 3. The van der Waals surface area contributed by atoms with E-state index in [-0.39, 0.29) is 11.4 Å². The van der Waals surface area contributed by atoms with Gasteiger partial charge in [0.15, 0.2) is 0 Å². The number of likely N-dealkylation sites (N-methyl/N-ethyl adjacent to an activating group) is 1. The molecule has 0 unspecified atom stereocenters. The molecule has 6 nitrogen and oxygen atoms in total. The fourth-order valence-electron chi connectivity index (χ4n) is 2.28. The van der Waals surface area contributed by atoms with Crippen molar-refractivity contribution in [3.05, 3.63) is 24.0 Å². The fraction of sp³-hybridized carbons (Fsp3) is 0.538. The third-order valence-corrected chi connectivity index (χ3v) is 3.81. The Morgan fingerprint density at radius 1 is 1.47 bits per heavy atom. The van der Waals surface area contributed by atoms with E-state index in [0.29, 0.717) is 17.8 Å². The third kappa shape index (κ3) is 2.69. The second-order valence-corrected chi connectivity index (χ2v) is 5.53. The maximum Gasteiger partial charge on any atom is 0.256 e. The zero-order valence-corrected chi connectivity index (χ0v) is 11.7. The van der Waals surface area contributed by atoms with Crippen LogP contribution in [0.3, 0.4) is 0 Å². The lowest BCUT2D eigenvalue weighted by atomic mass is 9.99. The number of nitrogens with one attached hydrogen (secondary N) is 1. The van der Waals surface area contributed by atoms with E-state index < -0.39 is 0 Å². The summed E-state index contributed by atoms with van der Waals surface area (Å²) >= 11 is 0. The first-order valence-corrected chi connectivity index (χ1v) is 6.37. The second-order valence-electron chi connectivity index (χ2n) is 5.53. The number of rotatable bonds is 2. The summed E-state index contributed by atoms with van der Waals surface area (Å²) < 4.78 is 0. The molecule has 19 heavy (non-hydrogen) atoms. The Hall–Kier alpha value is -1.66. The zero-order chi connectivity index (χ0) is 14.0. The van der Waals surface area contributed by atoms with Gasteiger partial charge in [-0.3, -0.25) is 20.5 Å². The summed E-state index contributed by atoms with van der Waals surface area (Å²) in [6.07, 6.45) is 3.17. The van der Waals surface area contributed by atoms with Gasteiger partial charge in [-0.25, -0.2) is 0 Å². The summed E-state index contributed by atoms with van der Waals surface area (Å²) in [6.45, 7) is 6.58. The molecule has 1 aromatic rings. The van der Waals surface area contributed by atoms with Gasteiger partial charge in [-0.05, 0) is 27.0 Å². The van der Waals surface area contributed by atoms with Crippen molar-refractivity contribution in [2.24, 2.45) is 5.84 Å². The van der Waals surface area contributed by atoms with Gasteiger partial charge in [0, 0.05) is 31.4 Å². The monoisotopic (exact) mass is 263 g/mol. The highest BCUT2D eigenvalue weighted by Gasteiger charge is 2.34. The molecule has 0 spiro atoms. The number of hydrogen-bond acceptors (Lipinski definition) is 5. The highest BCUT2D eigenvalue weighted by molar-refractivity contribution is 5.99. The van der Waals surface area contributed by atoms with E-state index in [1.807, 2.05) is 4.90 Å². The van der Waals surface area contributed by atoms with E-state index in [4.69, 9.17) is 5.84 Å². The van der Waals surface area contributed by atoms with E-state index >= 15 is 0 Å². The van der Waals surface area contributed by atoms with Crippen LogP contribution in [0.1, 0.15) is 24.2 Å². The molecule has 1 aliphatic heterocycles. The van der Waals surface area contributed by atoms with Crippen LogP contribution in [0.5, 0.6) is 0 Å². The van der Waals surface area contributed by atoms with Crippen LogP contribution in [-0.4, -0.2) is 52.9 Å². The predicted octanol–water partition coefficient (Wildman–Crippen LogP) is 0.533. The van der Waals surface area contributed by atoms with Gasteiger partial charge < -0.3 is 10.3 Å². The van der Waals surface area contributed by atoms with Gasteiger partial charge >= 0.3 is 0 Å². The van der Waals surface area contributed by atoms with Gasteiger partial charge in [0.05, 0.1) is 17.4 Å². The number of nitrogens with two attached hydrogens (primary N) is 1. The van der Waals surface area contributed by atoms with E-state index in [0.717, 1.165) is 13.1 Å². The SMILES string of the molecule is CN1CCN(C(=O)c2ccncc2NN)CC1(C)C. The molecular formula is C13H21N5O. The van der Waals surface area contributed by atoms with Crippen LogP contribution >= 0.6 is 0 Å². The molecule has 1 fully saturated rings. The number of amides is 1. The van der Waals surface area contributed by atoms with Crippen molar-refractivity contribution in [3.63, 3.8) is 0 Å². The molecule has 1 aliphatic rings. The number of hydrogen-bond donors (Lipinski definition) is 2. The van der Waals surface area contributed by atoms with Gasteiger partial charge in [0.1, 0.15) is 0 Å². The summed E-state index contributed by atoms with van der Waals surface area (Å²) in [5.74, 6) is 5.42. The topological polar surface area (TPSA) is 74.5 Å². The summed E-state index contributed by atoms with van der Waals surface area (Å²) in [5, 5.41) is 0. The molecule has 6 heteroatoms. The molecule has 3 N–H and O–H groups in total. The Bertz CT molecular complexity index is 474. The Morgan fingerprint density at radius 3 is 2.84 bits per heavy atom. The van der Waals surface area contributed by atoms with E-state index in [1.165, 1.54) is 0 Å². The molecule has 0 atom stereocenters. The van der Waals surface area contributed by atoms with Crippen LogP contribution in [0.2, 0.25) is 0 Å². The van der Waals surface area contributed by atoms with Crippen LogP contribution in [0.25, 0.3) is 0 Å². The number of carbonyl (C=O) groups excluding carboxylic acids is 1. The Kier molecular flexibility index (Phi) is 3.73. The smallest absolute Gasteiger partial charge is 0.256 e. The molecule has 2 rings (SSSR count). The summed E-state index contributed by atoms with van der Waals surface area (Å²) in [5.41, 5.74) is 3.63. The fourth-order valence-corrected chi connectivity index (χ4v) is 2.28. The van der Waals surface area contributed by atoms with E-state index in [2.05, 4.69) is 36.2 Å². The number of pyridine rings is 1. The second kappa shape index (κ2) is 5.14. The van der Waals surface area contributed by atoms with Crippen LogP contribution in [0, 0.1) is 0 Å².